The number of carboxylic acid groups (broad SMARTS) is 1. The lowest BCUT2D eigenvalue weighted by atomic mass is 10.00. The molecule has 1 rings (SSSR count). The molecule has 0 radical (unpaired) electrons. The number of thioether (sulfide) groups is 1. The normalized spacial score (nSPS) is 22.9. The summed E-state index contributed by atoms with van der Waals surface area (Å²) in [5.41, 5.74) is -1.40. The second-order valence-electron chi connectivity index (χ2n) is 4.97. The number of hydrogen-bond acceptors (Lipinski definition) is 5. The number of amides is 2. The van der Waals surface area contributed by atoms with Crippen molar-refractivity contribution in [3.63, 3.8) is 0 Å². The van der Waals surface area contributed by atoms with E-state index in [2.05, 4.69) is 5.32 Å². The maximum Gasteiger partial charge on any atom is 0.329 e. The summed E-state index contributed by atoms with van der Waals surface area (Å²) in [5, 5.41) is 10.7. The average Bonchev–Trinajstić information content (AvgIpc) is 2.37. The predicted octanol–water partition coefficient (Wildman–Crippen LogP) is 0.369. The van der Waals surface area contributed by atoms with Crippen molar-refractivity contribution < 1.29 is 23.1 Å². The first-order valence-electron chi connectivity index (χ1n) is 6.20. The fourth-order valence-corrected chi connectivity index (χ4v) is 4.58. The van der Waals surface area contributed by atoms with E-state index >= 15 is 0 Å². The van der Waals surface area contributed by atoms with Crippen molar-refractivity contribution in [2.45, 2.75) is 31.2 Å². The Labute approximate surface area is 123 Å². The molecule has 0 bridgehead atoms. The molecule has 2 atom stereocenters. The van der Waals surface area contributed by atoms with E-state index < -0.39 is 32.8 Å². The van der Waals surface area contributed by atoms with Crippen molar-refractivity contribution in [3.8, 4) is 0 Å². The molecule has 1 fully saturated rings. The summed E-state index contributed by atoms with van der Waals surface area (Å²) in [5.74, 6) is -0.201. The van der Waals surface area contributed by atoms with Crippen LogP contribution in [-0.4, -0.2) is 65.6 Å². The minimum Gasteiger partial charge on any atom is -0.480 e. The molecule has 1 heterocycles. The van der Waals surface area contributed by atoms with Crippen LogP contribution in [0.5, 0.6) is 0 Å². The number of carbonyl (C=O) groups is 2. The third-order valence-corrected chi connectivity index (χ3v) is 6.04. The monoisotopic (exact) mass is 324 g/mol. The van der Waals surface area contributed by atoms with Crippen molar-refractivity contribution in [2.75, 3.05) is 24.3 Å². The van der Waals surface area contributed by atoms with Gasteiger partial charge < -0.3 is 15.3 Å². The first kappa shape index (κ1) is 17.1. The van der Waals surface area contributed by atoms with E-state index in [4.69, 9.17) is 5.11 Å². The fourth-order valence-electron chi connectivity index (χ4n) is 1.77. The van der Waals surface area contributed by atoms with Crippen LogP contribution in [0.2, 0.25) is 0 Å². The topological polar surface area (TPSA) is 104 Å². The van der Waals surface area contributed by atoms with E-state index in [0.717, 1.165) is 6.26 Å². The number of aliphatic carboxylic acids is 1. The van der Waals surface area contributed by atoms with Gasteiger partial charge in [-0.2, -0.15) is 11.8 Å². The largest absolute Gasteiger partial charge is 0.480 e. The third-order valence-electron chi connectivity index (χ3n) is 3.40. The highest BCUT2D eigenvalue weighted by atomic mass is 32.2. The molecule has 2 unspecified atom stereocenters. The SMILES string of the molecule is CCC(C)(NC(=O)N1CCSCC1S(C)(=O)=O)C(=O)O. The summed E-state index contributed by atoms with van der Waals surface area (Å²) in [4.78, 5) is 24.6. The molecule has 20 heavy (non-hydrogen) atoms. The van der Waals surface area contributed by atoms with Gasteiger partial charge in [0.05, 0.1) is 0 Å². The molecule has 0 saturated carbocycles. The van der Waals surface area contributed by atoms with E-state index in [9.17, 15) is 18.0 Å². The highest BCUT2D eigenvalue weighted by Gasteiger charge is 2.39. The van der Waals surface area contributed by atoms with Gasteiger partial charge in [0.25, 0.3) is 0 Å². The molecule has 1 saturated heterocycles. The number of hydrogen-bond donors (Lipinski definition) is 2. The van der Waals surface area contributed by atoms with E-state index in [-0.39, 0.29) is 13.0 Å². The molecule has 0 aliphatic carbocycles. The first-order valence-corrected chi connectivity index (χ1v) is 9.31. The molecular weight excluding hydrogens is 304 g/mol. The van der Waals surface area contributed by atoms with Crippen LogP contribution in [0.3, 0.4) is 0 Å². The Morgan fingerprint density at radius 1 is 1.50 bits per heavy atom. The second kappa shape index (κ2) is 6.21. The average molecular weight is 324 g/mol. The number of rotatable bonds is 4. The predicted molar refractivity (Wildman–Crippen MR) is 77.5 cm³/mol. The van der Waals surface area contributed by atoms with Gasteiger partial charge in [0.1, 0.15) is 10.9 Å². The Morgan fingerprint density at radius 3 is 2.55 bits per heavy atom. The van der Waals surface area contributed by atoms with Crippen LogP contribution in [0.15, 0.2) is 0 Å². The van der Waals surface area contributed by atoms with Gasteiger partial charge in [-0.1, -0.05) is 6.92 Å². The fraction of sp³-hybridized carbons (Fsp3) is 0.818. The first-order chi connectivity index (χ1) is 9.12. The maximum absolute atomic E-state index is 12.2. The number of carboxylic acids is 1. The zero-order chi connectivity index (χ0) is 15.6. The summed E-state index contributed by atoms with van der Waals surface area (Å²) >= 11 is 1.46. The van der Waals surface area contributed by atoms with Gasteiger partial charge in [0.15, 0.2) is 9.84 Å². The van der Waals surface area contributed by atoms with Gasteiger partial charge in [-0.25, -0.2) is 18.0 Å². The van der Waals surface area contributed by atoms with Crippen LogP contribution >= 0.6 is 11.8 Å². The Balaban J connectivity index is 2.92. The minimum atomic E-state index is -3.41. The Bertz CT molecular complexity index is 493. The highest BCUT2D eigenvalue weighted by molar-refractivity contribution is 8.00. The summed E-state index contributed by atoms with van der Waals surface area (Å²) in [6.07, 6.45) is 1.29. The zero-order valence-electron chi connectivity index (χ0n) is 11.7. The highest BCUT2D eigenvalue weighted by Crippen LogP contribution is 2.21. The lowest BCUT2D eigenvalue weighted by molar-refractivity contribution is -0.143. The molecule has 0 aromatic carbocycles. The van der Waals surface area contributed by atoms with Gasteiger partial charge in [-0.05, 0) is 13.3 Å². The van der Waals surface area contributed by atoms with E-state index in [0.29, 0.717) is 11.5 Å². The molecule has 0 spiro atoms. The molecule has 116 valence electrons. The molecule has 0 aromatic heterocycles. The molecule has 9 heteroatoms. The molecule has 1 aliphatic heterocycles. The number of sulfone groups is 1. The molecule has 7 nitrogen and oxygen atoms in total. The van der Waals surface area contributed by atoms with Crippen molar-refractivity contribution in [2.24, 2.45) is 0 Å². The molecular formula is C11H20N2O5S2. The van der Waals surface area contributed by atoms with Gasteiger partial charge in [0.2, 0.25) is 0 Å². The third kappa shape index (κ3) is 3.78. The number of carbonyl (C=O) groups excluding carboxylic acids is 1. The van der Waals surface area contributed by atoms with E-state index in [1.807, 2.05) is 0 Å². The van der Waals surface area contributed by atoms with Gasteiger partial charge >= 0.3 is 12.0 Å². The molecule has 0 aromatic rings. The van der Waals surface area contributed by atoms with E-state index in [1.165, 1.54) is 23.6 Å². The summed E-state index contributed by atoms with van der Waals surface area (Å²) in [7, 11) is -3.41. The lowest BCUT2D eigenvalue weighted by Gasteiger charge is -2.36. The van der Waals surface area contributed by atoms with Crippen LogP contribution in [0.1, 0.15) is 20.3 Å². The smallest absolute Gasteiger partial charge is 0.329 e. The number of nitrogens with one attached hydrogen (secondary N) is 1. The van der Waals surface area contributed by atoms with Gasteiger partial charge in [0, 0.05) is 24.3 Å². The number of urea groups is 1. The molecule has 2 amide bonds. The zero-order valence-corrected chi connectivity index (χ0v) is 13.4. The van der Waals surface area contributed by atoms with Crippen molar-refractivity contribution in [3.05, 3.63) is 0 Å². The summed E-state index contributed by atoms with van der Waals surface area (Å²) in [6, 6.07) is -0.646. The lowest BCUT2D eigenvalue weighted by Crippen LogP contribution is -2.60. The Hall–Kier alpha value is -0.960. The van der Waals surface area contributed by atoms with Crippen molar-refractivity contribution in [1.82, 2.24) is 10.2 Å². The second-order valence-corrected chi connectivity index (χ2v) is 8.33. The van der Waals surface area contributed by atoms with Crippen LogP contribution in [0.25, 0.3) is 0 Å². The minimum absolute atomic E-state index is 0.209. The van der Waals surface area contributed by atoms with Crippen LogP contribution < -0.4 is 5.32 Å². The van der Waals surface area contributed by atoms with Crippen LogP contribution in [0.4, 0.5) is 4.79 Å². The maximum atomic E-state index is 12.2. The van der Waals surface area contributed by atoms with Crippen LogP contribution in [0, 0.1) is 0 Å². The number of nitrogens with zero attached hydrogens (tertiary/aromatic N) is 1. The van der Waals surface area contributed by atoms with Gasteiger partial charge in [-0.15, -0.1) is 0 Å². The van der Waals surface area contributed by atoms with E-state index in [1.54, 1.807) is 6.92 Å². The van der Waals surface area contributed by atoms with Crippen molar-refractivity contribution in [1.29, 1.82) is 0 Å². The van der Waals surface area contributed by atoms with Crippen molar-refractivity contribution >= 4 is 33.6 Å². The Morgan fingerprint density at radius 2 is 2.10 bits per heavy atom. The van der Waals surface area contributed by atoms with Crippen LogP contribution in [-0.2, 0) is 14.6 Å². The summed E-state index contributed by atoms with van der Waals surface area (Å²) in [6.45, 7) is 3.34. The molecule has 1 aliphatic rings. The summed E-state index contributed by atoms with van der Waals surface area (Å²) < 4.78 is 23.4. The standard InChI is InChI=1S/C11H20N2O5S2/c1-4-11(2,9(14)15)12-10(16)13-5-6-19-7-8(13)20(3,17)18/h8H,4-7H2,1-3H3,(H,12,16)(H,14,15). The van der Waals surface area contributed by atoms with Gasteiger partial charge in [-0.3, -0.25) is 0 Å². The quantitative estimate of drug-likeness (QED) is 0.774. The Kier molecular flexibility index (Phi) is 5.31. The molecule has 2 N–H and O–H groups in total.